The SMILES string of the molecule is COc1nc(OCC(F)F)ccc1C(C)N1Cc2c(ccnc2NC(=O)CC2CC2)C1=O. The number of fused-ring (bicyclic) bond motifs is 1. The molecule has 170 valence electrons. The van der Waals surface area contributed by atoms with Crippen LogP contribution in [0.4, 0.5) is 14.6 Å². The molecule has 0 saturated heterocycles. The molecule has 0 bridgehead atoms. The van der Waals surface area contributed by atoms with Crippen molar-refractivity contribution >= 4 is 17.6 Å². The molecule has 1 N–H and O–H groups in total. The van der Waals surface area contributed by atoms with E-state index >= 15 is 0 Å². The van der Waals surface area contributed by atoms with E-state index in [1.807, 2.05) is 6.92 Å². The topological polar surface area (TPSA) is 93.7 Å². The summed E-state index contributed by atoms with van der Waals surface area (Å²) in [6, 6.07) is 4.31. The molecule has 2 aromatic heterocycles. The third kappa shape index (κ3) is 4.63. The summed E-state index contributed by atoms with van der Waals surface area (Å²) in [6.07, 6.45) is 1.49. The number of carbonyl (C=O) groups excluding carboxylic acids is 2. The second-order valence-corrected chi connectivity index (χ2v) is 7.94. The quantitative estimate of drug-likeness (QED) is 0.633. The largest absolute Gasteiger partial charge is 0.481 e. The smallest absolute Gasteiger partial charge is 0.272 e. The first-order chi connectivity index (χ1) is 15.4. The Labute approximate surface area is 183 Å². The highest BCUT2D eigenvalue weighted by Gasteiger charge is 2.35. The zero-order valence-corrected chi connectivity index (χ0v) is 17.8. The van der Waals surface area contributed by atoms with Gasteiger partial charge in [0.15, 0.2) is 6.61 Å². The van der Waals surface area contributed by atoms with Crippen molar-refractivity contribution in [1.82, 2.24) is 14.9 Å². The number of carbonyl (C=O) groups is 2. The third-order valence-electron chi connectivity index (χ3n) is 5.64. The number of alkyl halides is 2. The molecule has 1 aliphatic carbocycles. The number of amides is 2. The lowest BCUT2D eigenvalue weighted by Crippen LogP contribution is -2.27. The minimum Gasteiger partial charge on any atom is -0.481 e. The van der Waals surface area contributed by atoms with Crippen molar-refractivity contribution < 1.29 is 27.8 Å². The van der Waals surface area contributed by atoms with Crippen LogP contribution >= 0.6 is 0 Å². The van der Waals surface area contributed by atoms with E-state index in [9.17, 15) is 18.4 Å². The molecule has 1 aliphatic heterocycles. The Bertz CT molecular complexity index is 1030. The number of ether oxygens (including phenoxy) is 2. The molecule has 3 heterocycles. The first-order valence-electron chi connectivity index (χ1n) is 10.4. The number of halogens is 2. The van der Waals surface area contributed by atoms with Gasteiger partial charge in [-0.25, -0.2) is 13.8 Å². The van der Waals surface area contributed by atoms with E-state index in [2.05, 4.69) is 15.3 Å². The Kier molecular flexibility index (Phi) is 6.20. The second kappa shape index (κ2) is 9.05. The van der Waals surface area contributed by atoms with Gasteiger partial charge in [-0.15, -0.1) is 0 Å². The molecular weight excluding hydrogens is 422 g/mol. The molecule has 0 radical (unpaired) electrons. The van der Waals surface area contributed by atoms with Crippen LogP contribution < -0.4 is 14.8 Å². The van der Waals surface area contributed by atoms with Gasteiger partial charge in [0.05, 0.1) is 19.7 Å². The van der Waals surface area contributed by atoms with Crippen molar-refractivity contribution in [3.05, 3.63) is 41.1 Å². The fourth-order valence-corrected chi connectivity index (χ4v) is 3.75. The summed E-state index contributed by atoms with van der Waals surface area (Å²) >= 11 is 0. The van der Waals surface area contributed by atoms with Crippen molar-refractivity contribution in [1.29, 1.82) is 0 Å². The summed E-state index contributed by atoms with van der Waals surface area (Å²) in [5, 5.41) is 2.84. The Balaban J connectivity index is 1.53. The number of nitrogens with one attached hydrogen (secondary N) is 1. The molecule has 10 heteroatoms. The summed E-state index contributed by atoms with van der Waals surface area (Å²) < 4.78 is 35.1. The van der Waals surface area contributed by atoms with Crippen LogP contribution in [0.25, 0.3) is 0 Å². The Morgan fingerprint density at radius 3 is 2.78 bits per heavy atom. The van der Waals surface area contributed by atoms with Crippen LogP contribution in [0.1, 0.15) is 53.7 Å². The van der Waals surface area contributed by atoms with Gasteiger partial charge in [-0.05, 0) is 37.8 Å². The van der Waals surface area contributed by atoms with E-state index in [1.54, 1.807) is 17.0 Å². The molecular formula is C22H24F2N4O4. The van der Waals surface area contributed by atoms with Crippen molar-refractivity contribution in [3.8, 4) is 11.8 Å². The maximum Gasteiger partial charge on any atom is 0.272 e. The molecule has 0 aromatic carbocycles. The highest BCUT2D eigenvalue weighted by molar-refractivity contribution is 6.01. The van der Waals surface area contributed by atoms with Gasteiger partial charge < -0.3 is 19.7 Å². The van der Waals surface area contributed by atoms with Crippen LogP contribution in [-0.2, 0) is 11.3 Å². The van der Waals surface area contributed by atoms with Crippen molar-refractivity contribution in [2.45, 2.75) is 45.2 Å². The summed E-state index contributed by atoms with van der Waals surface area (Å²) in [4.78, 5) is 35.4. The molecule has 1 fully saturated rings. The van der Waals surface area contributed by atoms with E-state index < -0.39 is 19.1 Å². The normalized spacial score (nSPS) is 16.2. The fourth-order valence-electron chi connectivity index (χ4n) is 3.75. The summed E-state index contributed by atoms with van der Waals surface area (Å²) in [7, 11) is 1.41. The van der Waals surface area contributed by atoms with Crippen LogP contribution in [0.3, 0.4) is 0 Å². The van der Waals surface area contributed by atoms with E-state index in [1.165, 1.54) is 19.4 Å². The Hall–Kier alpha value is -3.30. The molecule has 4 rings (SSSR count). The lowest BCUT2D eigenvalue weighted by Gasteiger charge is -2.25. The number of anilines is 1. The second-order valence-electron chi connectivity index (χ2n) is 7.94. The molecule has 1 saturated carbocycles. The number of aromatic nitrogens is 2. The van der Waals surface area contributed by atoms with Gasteiger partial charge in [0.1, 0.15) is 5.82 Å². The summed E-state index contributed by atoms with van der Waals surface area (Å²) in [5.41, 5.74) is 1.75. The van der Waals surface area contributed by atoms with Crippen molar-refractivity contribution in [2.75, 3.05) is 19.0 Å². The zero-order chi connectivity index (χ0) is 22.8. The number of pyridine rings is 2. The molecule has 2 aliphatic rings. The van der Waals surface area contributed by atoms with E-state index in [-0.39, 0.29) is 30.1 Å². The molecule has 8 nitrogen and oxygen atoms in total. The first kappa shape index (κ1) is 21.9. The van der Waals surface area contributed by atoms with Gasteiger partial charge >= 0.3 is 0 Å². The highest BCUT2D eigenvalue weighted by Crippen LogP contribution is 2.37. The zero-order valence-electron chi connectivity index (χ0n) is 17.8. The average Bonchev–Trinajstić information content (AvgIpc) is 3.52. The van der Waals surface area contributed by atoms with Crippen LogP contribution in [0.2, 0.25) is 0 Å². The molecule has 2 amide bonds. The standard InChI is InChI=1S/C22H24F2N4O4/c1-12(14-5-6-19(27-21(14)31-2)32-11-17(23)24)28-10-16-15(22(28)30)7-8-25-20(16)26-18(29)9-13-3-4-13/h5-8,12-13,17H,3-4,9-11H2,1-2H3,(H,25,26,29). The van der Waals surface area contributed by atoms with E-state index in [0.717, 1.165) is 12.8 Å². The van der Waals surface area contributed by atoms with Gasteiger partial charge in [0, 0.05) is 35.4 Å². The van der Waals surface area contributed by atoms with Crippen LogP contribution in [0.15, 0.2) is 24.4 Å². The van der Waals surface area contributed by atoms with Crippen molar-refractivity contribution in [3.63, 3.8) is 0 Å². The molecule has 2 aromatic rings. The fraction of sp³-hybridized carbons (Fsp3) is 0.455. The molecule has 32 heavy (non-hydrogen) atoms. The predicted octanol–water partition coefficient (Wildman–Crippen LogP) is 3.58. The van der Waals surface area contributed by atoms with Gasteiger partial charge in [0.2, 0.25) is 17.7 Å². The molecule has 1 atom stereocenters. The number of hydrogen-bond donors (Lipinski definition) is 1. The Morgan fingerprint density at radius 2 is 2.09 bits per heavy atom. The van der Waals surface area contributed by atoms with Crippen LogP contribution in [0.5, 0.6) is 11.8 Å². The third-order valence-corrected chi connectivity index (χ3v) is 5.64. The minimum absolute atomic E-state index is 0.0130. The van der Waals surface area contributed by atoms with Crippen LogP contribution in [0, 0.1) is 5.92 Å². The van der Waals surface area contributed by atoms with Gasteiger partial charge in [-0.1, -0.05) is 0 Å². The average molecular weight is 446 g/mol. The predicted molar refractivity (Wildman–Crippen MR) is 111 cm³/mol. The summed E-state index contributed by atoms with van der Waals surface area (Å²) in [5.74, 6) is 0.739. The highest BCUT2D eigenvalue weighted by atomic mass is 19.3. The van der Waals surface area contributed by atoms with E-state index in [4.69, 9.17) is 9.47 Å². The monoisotopic (exact) mass is 446 g/mol. The number of rotatable bonds is 9. The maximum absolute atomic E-state index is 13.1. The van der Waals surface area contributed by atoms with Crippen LogP contribution in [-0.4, -0.2) is 46.8 Å². The van der Waals surface area contributed by atoms with Gasteiger partial charge in [0.25, 0.3) is 12.3 Å². The summed E-state index contributed by atoms with van der Waals surface area (Å²) in [6.45, 7) is 1.31. The lowest BCUT2D eigenvalue weighted by atomic mass is 10.1. The maximum atomic E-state index is 13.1. The van der Waals surface area contributed by atoms with Gasteiger partial charge in [-0.3, -0.25) is 9.59 Å². The van der Waals surface area contributed by atoms with Gasteiger partial charge in [-0.2, -0.15) is 4.98 Å². The number of nitrogens with zero attached hydrogens (tertiary/aromatic N) is 3. The number of hydrogen-bond acceptors (Lipinski definition) is 6. The number of methoxy groups -OCH3 is 1. The first-order valence-corrected chi connectivity index (χ1v) is 10.4. The molecule has 0 spiro atoms. The molecule has 1 unspecified atom stereocenters. The van der Waals surface area contributed by atoms with E-state index in [0.29, 0.717) is 34.8 Å². The van der Waals surface area contributed by atoms with Crippen molar-refractivity contribution in [2.24, 2.45) is 5.92 Å². The lowest BCUT2D eigenvalue weighted by molar-refractivity contribution is -0.116. The minimum atomic E-state index is -2.62. The Morgan fingerprint density at radius 1 is 1.31 bits per heavy atom.